The molecule has 1 fully saturated rings. The number of aryl methyl sites for hydroxylation is 3. The van der Waals surface area contributed by atoms with Crippen LogP contribution in [0.3, 0.4) is 0 Å². The zero-order valence-corrected chi connectivity index (χ0v) is 14.5. The highest BCUT2D eigenvalue weighted by Crippen LogP contribution is 2.28. The van der Waals surface area contributed by atoms with E-state index in [4.69, 9.17) is 0 Å². The highest BCUT2D eigenvalue weighted by molar-refractivity contribution is 5.94. The third-order valence-corrected chi connectivity index (χ3v) is 4.66. The van der Waals surface area contributed by atoms with Gasteiger partial charge in [-0.05, 0) is 18.6 Å². The van der Waals surface area contributed by atoms with Gasteiger partial charge in [0.25, 0.3) is 5.91 Å². The summed E-state index contributed by atoms with van der Waals surface area (Å²) < 4.78 is 3.79. The van der Waals surface area contributed by atoms with Gasteiger partial charge in [0.05, 0.1) is 12.0 Å². The molecular formula is C17H23N5O2. The number of carbonyl (C=O) groups is 2. The van der Waals surface area contributed by atoms with Crippen LogP contribution in [0, 0.1) is 6.92 Å². The Kier molecular flexibility index (Phi) is 4.17. The maximum Gasteiger partial charge on any atom is 0.270 e. The van der Waals surface area contributed by atoms with Crippen molar-refractivity contribution in [1.29, 1.82) is 0 Å². The predicted octanol–water partition coefficient (Wildman–Crippen LogP) is 0.811. The van der Waals surface area contributed by atoms with Crippen molar-refractivity contribution in [2.75, 3.05) is 13.1 Å². The van der Waals surface area contributed by atoms with Gasteiger partial charge in [0.2, 0.25) is 5.91 Å². The van der Waals surface area contributed by atoms with Crippen molar-refractivity contribution >= 4 is 11.8 Å². The quantitative estimate of drug-likeness (QED) is 0.906. The standard InChI is InChI=1S/C17H23N5O2/c1-11-5-7-20(3)15(11)17(24)22-9-13(14(10-22)19-12(2)23)16-18-6-8-21(16)4/h5-8,13-14H,9-10H2,1-4H3,(H,19,23)/t13-,14-/m1/s1. The van der Waals surface area contributed by atoms with Crippen LogP contribution in [0.5, 0.6) is 0 Å². The van der Waals surface area contributed by atoms with E-state index >= 15 is 0 Å². The van der Waals surface area contributed by atoms with Crippen LogP contribution in [0.4, 0.5) is 0 Å². The Bertz CT molecular complexity index is 756. The molecule has 2 aromatic heterocycles. The van der Waals surface area contributed by atoms with Gasteiger partial charge in [0, 0.05) is 52.7 Å². The van der Waals surface area contributed by atoms with Crippen LogP contribution in [0.25, 0.3) is 0 Å². The van der Waals surface area contributed by atoms with E-state index in [1.165, 1.54) is 6.92 Å². The molecule has 2 atom stereocenters. The summed E-state index contributed by atoms with van der Waals surface area (Å²) in [6.45, 7) is 4.46. The number of carbonyl (C=O) groups excluding carboxylic acids is 2. The number of nitrogens with one attached hydrogen (secondary N) is 1. The van der Waals surface area contributed by atoms with Gasteiger partial charge in [-0.2, -0.15) is 0 Å². The third-order valence-electron chi connectivity index (χ3n) is 4.66. The van der Waals surface area contributed by atoms with Crippen LogP contribution in [0.2, 0.25) is 0 Å². The van der Waals surface area contributed by atoms with Crippen molar-refractivity contribution in [1.82, 2.24) is 24.3 Å². The molecule has 128 valence electrons. The Hall–Kier alpha value is -2.57. The van der Waals surface area contributed by atoms with Crippen molar-refractivity contribution in [3.63, 3.8) is 0 Å². The van der Waals surface area contributed by atoms with E-state index in [2.05, 4.69) is 10.3 Å². The first kappa shape index (κ1) is 16.3. The van der Waals surface area contributed by atoms with Crippen LogP contribution < -0.4 is 5.32 Å². The summed E-state index contributed by atoms with van der Waals surface area (Å²) in [5, 5.41) is 2.97. The zero-order chi connectivity index (χ0) is 17.4. The summed E-state index contributed by atoms with van der Waals surface area (Å²) in [6, 6.07) is 1.80. The normalized spacial score (nSPS) is 20.4. The lowest BCUT2D eigenvalue weighted by molar-refractivity contribution is -0.119. The van der Waals surface area contributed by atoms with E-state index in [-0.39, 0.29) is 23.8 Å². The fraction of sp³-hybridized carbons (Fsp3) is 0.471. The monoisotopic (exact) mass is 329 g/mol. The van der Waals surface area contributed by atoms with Crippen molar-refractivity contribution in [3.8, 4) is 0 Å². The highest BCUT2D eigenvalue weighted by atomic mass is 16.2. The number of hydrogen-bond acceptors (Lipinski definition) is 3. The van der Waals surface area contributed by atoms with Gasteiger partial charge in [-0.3, -0.25) is 9.59 Å². The molecule has 2 aromatic rings. The van der Waals surface area contributed by atoms with Crippen molar-refractivity contribution in [3.05, 3.63) is 41.7 Å². The molecular weight excluding hydrogens is 306 g/mol. The minimum atomic E-state index is -0.131. The lowest BCUT2D eigenvalue weighted by atomic mass is 10.0. The van der Waals surface area contributed by atoms with Crippen LogP contribution in [-0.4, -0.2) is 50.0 Å². The van der Waals surface area contributed by atoms with Crippen LogP contribution in [-0.2, 0) is 18.9 Å². The lowest BCUT2D eigenvalue weighted by Gasteiger charge is -2.18. The molecule has 3 heterocycles. The Labute approximate surface area is 141 Å². The van der Waals surface area contributed by atoms with Gasteiger partial charge in [-0.25, -0.2) is 4.98 Å². The molecule has 24 heavy (non-hydrogen) atoms. The second kappa shape index (κ2) is 6.14. The second-order valence-corrected chi connectivity index (χ2v) is 6.48. The smallest absolute Gasteiger partial charge is 0.270 e. The van der Waals surface area contributed by atoms with Gasteiger partial charge in [-0.1, -0.05) is 0 Å². The lowest BCUT2D eigenvalue weighted by Crippen LogP contribution is -2.40. The Balaban J connectivity index is 1.88. The van der Waals surface area contributed by atoms with E-state index in [0.29, 0.717) is 18.8 Å². The number of rotatable bonds is 3. The second-order valence-electron chi connectivity index (χ2n) is 6.48. The molecule has 1 aliphatic rings. The average Bonchev–Trinajstić information content (AvgIpc) is 3.18. The van der Waals surface area contributed by atoms with Crippen molar-refractivity contribution in [2.24, 2.45) is 14.1 Å². The fourth-order valence-electron chi connectivity index (χ4n) is 3.50. The van der Waals surface area contributed by atoms with Gasteiger partial charge in [0.15, 0.2) is 0 Å². The van der Waals surface area contributed by atoms with E-state index < -0.39 is 0 Å². The number of nitrogens with zero attached hydrogens (tertiary/aromatic N) is 4. The molecule has 0 aliphatic carbocycles. The number of imidazole rings is 1. The predicted molar refractivity (Wildman–Crippen MR) is 89.6 cm³/mol. The molecule has 0 bridgehead atoms. The molecule has 1 aliphatic heterocycles. The summed E-state index contributed by atoms with van der Waals surface area (Å²) in [5.74, 6) is 0.765. The minimum Gasteiger partial charge on any atom is -0.351 e. The number of hydrogen-bond donors (Lipinski definition) is 1. The van der Waals surface area contributed by atoms with Crippen molar-refractivity contribution in [2.45, 2.75) is 25.8 Å². The Morgan fingerprint density at radius 2 is 1.96 bits per heavy atom. The molecule has 7 nitrogen and oxygen atoms in total. The van der Waals surface area contributed by atoms with Gasteiger partial charge in [0.1, 0.15) is 11.5 Å². The minimum absolute atomic E-state index is 0.00735. The van der Waals surface area contributed by atoms with Gasteiger partial charge < -0.3 is 19.4 Å². The summed E-state index contributed by atoms with van der Waals surface area (Å²) in [5.41, 5.74) is 1.65. The van der Waals surface area contributed by atoms with Gasteiger partial charge in [-0.15, -0.1) is 0 Å². The molecule has 7 heteroatoms. The fourth-order valence-corrected chi connectivity index (χ4v) is 3.50. The average molecular weight is 329 g/mol. The largest absolute Gasteiger partial charge is 0.351 e. The molecule has 0 radical (unpaired) electrons. The zero-order valence-electron chi connectivity index (χ0n) is 14.5. The third kappa shape index (κ3) is 2.81. The van der Waals surface area contributed by atoms with E-state index in [1.54, 1.807) is 6.20 Å². The Morgan fingerprint density at radius 1 is 1.21 bits per heavy atom. The first-order chi connectivity index (χ1) is 11.4. The molecule has 1 N–H and O–H groups in total. The Morgan fingerprint density at radius 3 is 2.50 bits per heavy atom. The van der Waals surface area contributed by atoms with E-state index in [9.17, 15) is 9.59 Å². The summed E-state index contributed by atoms with van der Waals surface area (Å²) in [7, 11) is 3.80. The van der Waals surface area contributed by atoms with Gasteiger partial charge >= 0.3 is 0 Å². The number of aromatic nitrogens is 3. The first-order valence-electron chi connectivity index (χ1n) is 8.04. The van der Waals surface area contributed by atoms with Crippen LogP contribution >= 0.6 is 0 Å². The first-order valence-corrected chi connectivity index (χ1v) is 8.04. The molecule has 0 aromatic carbocycles. The summed E-state index contributed by atoms with van der Waals surface area (Å²) in [4.78, 5) is 30.7. The van der Waals surface area contributed by atoms with Crippen LogP contribution in [0.15, 0.2) is 24.7 Å². The molecule has 1 saturated heterocycles. The summed E-state index contributed by atoms with van der Waals surface area (Å²) >= 11 is 0. The number of likely N-dealkylation sites (tertiary alicyclic amines) is 1. The molecule has 3 rings (SSSR count). The SMILES string of the molecule is CC(=O)N[C@@H]1CN(C(=O)c2c(C)ccn2C)C[C@H]1c1nccn1C. The van der Waals surface area contributed by atoms with Crippen molar-refractivity contribution < 1.29 is 9.59 Å². The molecule has 2 amide bonds. The summed E-state index contributed by atoms with van der Waals surface area (Å²) in [6.07, 6.45) is 5.51. The maximum atomic E-state index is 12.9. The van der Waals surface area contributed by atoms with E-state index in [0.717, 1.165) is 11.4 Å². The molecule has 0 saturated carbocycles. The topological polar surface area (TPSA) is 72.2 Å². The molecule has 0 unspecified atom stereocenters. The van der Waals surface area contributed by atoms with Crippen LogP contribution in [0.1, 0.15) is 34.7 Å². The maximum absolute atomic E-state index is 12.9. The number of amides is 2. The molecule has 0 spiro atoms. The van der Waals surface area contributed by atoms with E-state index in [1.807, 2.05) is 53.5 Å². The highest BCUT2D eigenvalue weighted by Gasteiger charge is 2.39.